The van der Waals surface area contributed by atoms with E-state index in [1.807, 2.05) is 0 Å². The predicted molar refractivity (Wildman–Crippen MR) is 36.4 cm³/mol. The molecular weight excluding hydrogens is 98.1 g/mol. The fourth-order valence-electron chi connectivity index (χ4n) is 1.21. The van der Waals surface area contributed by atoms with Crippen LogP contribution < -0.4 is 0 Å². The van der Waals surface area contributed by atoms with Gasteiger partial charge in [-0.25, -0.2) is 0 Å². The van der Waals surface area contributed by atoms with Gasteiger partial charge in [0.15, 0.2) is 0 Å². The smallest absolute Gasteiger partial charge is 0.0435 e. The van der Waals surface area contributed by atoms with Gasteiger partial charge in [-0.1, -0.05) is 13.3 Å². The van der Waals surface area contributed by atoms with E-state index in [0.29, 0.717) is 5.41 Å². The average Bonchev–Trinajstić information content (AvgIpc) is 1.64. The third-order valence-corrected chi connectivity index (χ3v) is 2.05. The van der Waals surface area contributed by atoms with Gasteiger partial charge >= 0.3 is 0 Å². The summed E-state index contributed by atoms with van der Waals surface area (Å²) in [5, 5.41) is 0. The molecule has 0 radical (unpaired) electrons. The molecule has 0 aromatic heterocycles. The Hall–Kier alpha value is -0.330. The van der Waals surface area contributed by atoms with Crippen LogP contribution in [-0.2, 0) is 0 Å². The molecule has 1 heteroatoms. The summed E-state index contributed by atoms with van der Waals surface area (Å²) in [5.74, 6) is 0. The second-order valence-corrected chi connectivity index (χ2v) is 3.05. The fourth-order valence-corrected chi connectivity index (χ4v) is 1.21. The summed E-state index contributed by atoms with van der Waals surface area (Å²) < 4.78 is 0. The van der Waals surface area contributed by atoms with E-state index in [2.05, 4.69) is 18.6 Å². The van der Waals surface area contributed by atoms with Crippen LogP contribution in [0, 0.1) is 5.41 Å². The molecule has 0 aromatic carbocycles. The molecule has 46 valence electrons. The van der Waals surface area contributed by atoms with Crippen molar-refractivity contribution in [3.05, 3.63) is 0 Å². The van der Waals surface area contributed by atoms with Crippen molar-refractivity contribution in [2.75, 3.05) is 6.54 Å². The largest absolute Gasteiger partial charge is 0.300 e. The molecule has 1 fully saturated rings. The summed E-state index contributed by atoms with van der Waals surface area (Å²) in [6.45, 7) is 6.73. The van der Waals surface area contributed by atoms with Crippen LogP contribution in [0.5, 0.6) is 0 Å². The standard InChI is InChI=1S/C7H13N/c1-7(6-8-2)4-3-5-7/h2-6H2,1H3. The lowest BCUT2D eigenvalue weighted by atomic mass is 9.71. The van der Waals surface area contributed by atoms with Crippen LogP contribution in [0.1, 0.15) is 26.2 Å². The van der Waals surface area contributed by atoms with Crippen molar-refractivity contribution in [3.63, 3.8) is 0 Å². The maximum absolute atomic E-state index is 3.88. The van der Waals surface area contributed by atoms with Crippen LogP contribution in [0.2, 0.25) is 0 Å². The molecule has 1 rings (SSSR count). The van der Waals surface area contributed by atoms with Crippen LogP contribution in [0.15, 0.2) is 4.99 Å². The minimum atomic E-state index is 0.543. The molecule has 0 N–H and O–H groups in total. The zero-order valence-corrected chi connectivity index (χ0v) is 5.48. The van der Waals surface area contributed by atoms with E-state index < -0.39 is 0 Å². The van der Waals surface area contributed by atoms with Crippen LogP contribution in [0.3, 0.4) is 0 Å². The molecule has 1 saturated carbocycles. The molecule has 1 nitrogen and oxygen atoms in total. The lowest BCUT2D eigenvalue weighted by Gasteiger charge is -2.36. The number of aliphatic imine (C=N–C) groups is 1. The van der Waals surface area contributed by atoms with Gasteiger partial charge in [0.05, 0.1) is 0 Å². The topological polar surface area (TPSA) is 12.4 Å². The average molecular weight is 111 g/mol. The van der Waals surface area contributed by atoms with Gasteiger partial charge < -0.3 is 4.99 Å². The molecular formula is C7H13N. The molecule has 0 amide bonds. The first-order valence-corrected chi connectivity index (χ1v) is 3.19. The highest BCUT2D eigenvalue weighted by molar-refractivity contribution is 5.23. The number of hydrogen-bond acceptors (Lipinski definition) is 1. The van der Waals surface area contributed by atoms with Crippen molar-refractivity contribution in [1.82, 2.24) is 0 Å². The van der Waals surface area contributed by atoms with E-state index in [0.717, 1.165) is 6.54 Å². The Morgan fingerprint density at radius 2 is 2.25 bits per heavy atom. The van der Waals surface area contributed by atoms with E-state index in [-0.39, 0.29) is 0 Å². The van der Waals surface area contributed by atoms with Crippen molar-refractivity contribution in [3.8, 4) is 0 Å². The molecule has 0 bridgehead atoms. The molecule has 0 spiro atoms. The fraction of sp³-hybridized carbons (Fsp3) is 0.857. The summed E-state index contributed by atoms with van der Waals surface area (Å²) in [6, 6.07) is 0. The van der Waals surface area contributed by atoms with Gasteiger partial charge in [0.2, 0.25) is 0 Å². The highest BCUT2D eigenvalue weighted by atomic mass is 14.7. The van der Waals surface area contributed by atoms with E-state index in [1.54, 1.807) is 0 Å². The number of nitrogens with zero attached hydrogens (tertiary/aromatic N) is 1. The molecule has 0 heterocycles. The molecule has 0 saturated heterocycles. The van der Waals surface area contributed by atoms with Crippen LogP contribution in [0.4, 0.5) is 0 Å². The minimum Gasteiger partial charge on any atom is -0.300 e. The lowest BCUT2D eigenvalue weighted by molar-refractivity contribution is 0.174. The molecule has 1 aliphatic rings. The predicted octanol–water partition coefficient (Wildman–Crippen LogP) is 1.88. The van der Waals surface area contributed by atoms with Gasteiger partial charge in [-0.2, -0.15) is 0 Å². The van der Waals surface area contributed by atoms with Gasteiger partial charge in [-0.05, 0) is 25.0 Å². The van der Waals surface area contributed by atoms with Gasteiger partial charge in [0.1, 0.15) is 0 Å². The monoisotopic (exact) mass is 111 g/mol. The van der Waals surface area contributed by atoms with Crippen LogP contribution in [-0.4, -0.2) is 13.3 Å². The molecule has 1 aliphatic carbocycles. The third kappa shape index (κ3) is 0.908. The van der Waals surface area contributed by atoms with Gasteiger partial charge in [-0.15, -0.1) is 0 Å². The van der Waals surface area contributed by atoms with Gasteiger partial charge in [0, 0.05) is 6.54 Å². The second kappa shape index (κ2) is 1.88. The summed E-state index contributed by atoms with van der Waals surface area (Å²) in [6.07, 6.45) is 4.10. The van der Waals surface area contributed by atoms with E-state index >= 15 is 0 Å². The first kappa shape index (κ1) is 5.80. The van der Waals surface area contributed by atoms with Gasteiger partial charge in [0.25, 0.3) is 0 Å². The Morgan fingerprint density at radius 1 is 1.62 bits per heavy atom. The minimum absolute atomic E-state index is 0.543. The quantitative estimate of drug-likeness (QED) is 0.482. The first-order chi connectivity index (χ1) is 3.77. The molecule has 0 atom stereocenters. The summed E-state index contributed by atoms with van der Waals surface area (Å²) >= 11 is 0. The molecule has 8 heavy (non-hydrogen) atoms. The van der Waals surface area contributed by atoms with E-state index in [9.17, 15) is 0 Å². The van der Waals surface area contributed by atoms with Crippen LogP contribution in [0.25, 0.3) is 0 Å². The summed E-state index contributed by atoms with van der Waals surface area (Å²) in [7, 11) is 0. The van der Waals surface area contributed by atoms with E-state index in [4.69, 9.17) is 0 Å². The normalized spacial score (nSPS) is 24.1. The zero-order valence-electron chi connectivity index (χ0n) is 5.48. The molecule has 0 unspecified atom stereocenters. The van der Waals surface area contributed by atoms with Crippen molar-refractivity contribution >= 4 is 6.72 Å². The van der Waals surface area contributed by atoms with Crippen LogP contribution >= 0.6 is 0 Å². The highest BCUT2D eigenvalue weighted by Crippen LogP contribution is 2.40. The number of hydrogen-bond donors (Lipinski definition) is 0. The highest BCUT2D eigenvalue weighted by Gasteiger charge is 2.30. The first-order valence-electron chi connectivity index (χ1n) is 3.19. The Balaban J connectivity index is 2.29. The second-order valence-electron chi connectivity index (χ2n) is 3.05. The van der Waals surface area contributed by atoms with Gasteiger partial charge in [-0.3, -0.25) is 0 Å². The van der Waals surface area contributed by atoms with Crippen molar-refractivity contribution in [1.29, 1.82) is 0 Å². The molecule has 0 aromatic rings. The Bertz CT molecular complexity index is 92.6. The van der Waals surface area contributed by atoms with Crippen molar-refractivity contribution < 1.29 is 0 Å². The Kier molecular flexibility index (Phi) is 1.37. The zero-order chi connectivity index (χ0) is 6.04. The molecule has 0 aliphatic heterocycles. The SMILES string of the molecule is C=NCC1(C)CCC1. The summed E-state index contributed by atoms with van der Waals surface area (Å²) in [5.41, 5.74) is 0.543. The Morgan fingerprint density at radius 3 is 2.38 bits per heavy atom. The lowest BCUT2D eigenvalue weighted by Crippen LogP contribution is -2.28. The summed E-state index contributed by atoms with van der Waals surface area (Å²) in [4.78, 5) is 3.88. The number of rotatable bonds is 2. The maximum Gasteiger partial charge on any atom is 0.0435 e. The third-order valence-electron chi connectivity index (χ3n) is 2.05. The van der Waals surface area contributed by atoms with Crippen molar-refractivity contribution in [2.24, 2.45) is 10.4 Å². The van der Waals surface area contributed by atoms with Crippen molar-refractivity contribution in [2.45, 2.75) is 26.2 Å². The maximum atomic E-state index is 3.88. The Labute approximate surface area is 50.8 Å². The van der Waals surface area contributed by atoms with E-state index in [1.165, 1.54) is 19.3 Å².